The van der Waals surface area contributed by atoms with E-state index < -0.39 is 11.6 Å². The van der Waals surface area contributed by atoms with Crippen molar-refractivity contribution in [3.63, 3.8) is 0 Å². The summed E-state index contributed by atoms with van der Waals surface area (Å²) in [6.45, 7) is -0.117. The van der Waals surface area contributed by atoms with Gasteiger partial charge in [-0.2, -0.15) is 0 Å². The van der Waals surface area contributed by atoms with E-state index in [1.807, 2.05) is 18.2 Å². The molecule has 1 aromatic carbocycles. The van der Waals surface area contributed by atoms with Crippen molar-refractivity contribution in [2.75, 3.05) is 13.1 Å². The number of aliphatic carboxylic acids is 1. The zero-order valence-electron chi connectivity index (χ0n) is 11.7. The molecule has 0 aromatic heterocycles. The summed E-state index contributed by atoms with van der Waals surface area (Å²) < 4.78 is 13.9. The van der Waals surface area contributed by atoms with Crippen molar-refractivity contribution >= 4 is 11.9 Å². The first kappa shape index (κ1) is 14.0. The van der Waals surface area contributed by atoms with Gasteiger partial charge in [-0.3, -0.25) is 4.79 Å². The number of amides is 1. The Labute approximate surface area is 122 Å². The second kappa shape index (κ2) is 5.13. The highest BCUT2D eigenvalue weighted by molar-refractivity contribution is 5.82. The monoisotopic (exact) mass is 291 g/mol. The van der Waals surface area contributed by atoms with Gasteiger partial charge in [0.2, 0.25) is 11.6 Å². The van der Waals surface area contributed by atoms with E-state index >= 15 is 0 Å². The van der Waals surface area contributed by atoms with E-state index in [2.05, 4.69) is 12.1 Å². The summed E-state index contributed by atoms with van der Waals surface area (Å²) in [4.78, 5) is 24.4. The minimum Gasteiger partial charge on any atom is -0.479 e. The van der Waals surface area contributed by atoms with Crippen LogP contribution in [0.2, 0.25) is 0 Å². The Hall–Kier alpha value is -1.91. The fourth-order valence-electron chi connectivity index (χ4n) is 3.10. The summed E-state index contributed by atoms with van der Waals surface area (Å²) in [5.74, 6) is -0.878. The molecule has 5 heteroatoms. The summed E-state index contributed by atoms with van der Waals surface area (Å²) in [6, 6.07) is 10.0. The van der Waals surface area contributed by atoms with Crippen LogP contribution in [0.25, 0.3) is 0 Å². The molecule has 0 radical (unpaired) electrons. The topological polar surface area (TPSA) is 57.6 Å². The lowest BCUT2D eigenvalue weighted by atomic mass is 10.1. The Balaban J connectivity index is 1.54. The van der Waals surface area contributed by atoms with Gasteiger partial charge in [-0.1, -0.05) is 30.3 Å². The molecule has 1 aromatic rings. The third-order valence-electron chi connectivity index (χ3n) is 4.54. The average molecular weight is 291 g/mol. The van der Waals surface area contributed by atoms with Crippen LogP contribution < -0.4 is 0 Å². The number of rotatable bonds is 4. The van der Waals surface area contributed by atoms with Crippen LogP contribution >= 0.6 is 0 Å². The zero-order valence-corrected chi connectivity index (χ0v) is 11.7. The molecule has 1 unspecified atom stereocenters. The van der Waals surface area contributed by atoms with Crippen molar-refractivity contribution in [2.45, 2.75) is 30.8 Å². The molecule has 2 fully saturated rings. The Kier molecular flexibility index (Phi) is 3.43. The second-order valence-corrected chi connectivity index (χ2v) is 6.05. The Morgan fingerprint density at radius 1 is 1.33 bits per heavy atom. The number of carbonyl (C=O) groups is 2. The number of hydrogen-bond donors (Lipinski definition) is 1. The van der Waals surface area contributed by atoms with Crippen LogP contribution in [0.4, 0.5) is 4.39 Å². The van der Waals surface area contributed by atoms with Gasteiger partial charge in [0, 0.05) is 19.4 Å². The highest BCUT2D eigenvalue weighted by Gasteiger charge is 2.48. The first-order valence-corrected chi connectivity index (χ1v) is 7.24. The van der Waals surface area contributed by atoms with E-state index in [0.717, 1.165) is 6.42 Å². The standard InChI is InChI=1S/C16H18FNO3/c17-16(15(20)21)6-7-18(10-16)14(19)9-12-8-13(12)11-4-2-1-3-5-11/h1-5,12-13H,6-10H2,(H,20,21)/t12-,13-,16?/m0/s1. The molecular weight excluding hydrogens is 273 g/mol. The number of hydrogen-bond acceptors (Lipinski definition) is 2. The van der Waals surface area contributed by atoms with Crippen LogP contribution in [0.15, 0.2) is 30.3 Å². The second-order valence-electron chi connectivity index (χ2n) is 6.05. The van der Waals surface area contributed by atoms with Gasteiger partial charge in [0.25, 0.3) is 0 Å². The maximum absolute atomic E-state index is 13.9. The van der Waals surface area contributed by atoms with Gasteiger partial charge in [0.05, 0.1) is 6.54 Å². The minimum atomic E-state index is -2.27. The molecule has 0 bridgehead atoms. The molecule has 112 valence electrons. The maximum Gasteiger partial charge on any atom is 0.343 e. The van der Waals surface area contributed by atoms with E-state index in [0.29, 0.717) is 18.3 Å². The first-order valence-electron chi connectivity index (χ1n) is 7.24. The number of alkyl halides is 1. The molecular formula is C16H18FNO3. The number of benzene rings is 1. The molecule has 1 heterocycles. The van der Waals surface area contributed by atoms with E-state index in [1.54, 1.807) is 0 Å². The lowest BCUT2D eigenvalue weighted by Gasteiger charge is -2.17. The number of carboxylic acid groups (broad SMARTS) is 1. The Bertz CT molecular complexity index is 562. The number of nitrogens with zero attached hydrogens (tertiary/aromatic N) is 1. The van der Waals surface area contributed by atoms with E-state index in [1.165, 1.54) is 10.5 Å². The smallest absolute Gasteiger partial charge is 0.343 e. The lowest BCUT2D eigenvalue weighted by Crippen LogP contribution is -2.39. The molecule has 1 saturated carbocycles. The summed E-state index contributed by atoms with van der Waals surface area (Å²) in [5.41, 5.74) is -1.03. The highest BCUT2D eigenvalue weighted by atomic mass is 19.1. The van der Waals surface area contributed by atoms with E-state index in [-0.39, 0.29) is 25.4 Å². The van der Waals surface area contributed by atoms with Crippen molar-refractivity contribution in [3.05, 3.63) is 35.9 Å². The zero-order chi connectivity index (χ0) is 15.0. The molecule has 1 N–H and O–H groups in total. The first-order chi connectivity index (χ1) is 9.99. The molecule has 1 aliphatic heterocycles. The normalized spacial score (nSPS) is 31.2. The van der Waals surface area contributed by atoms with Crippen molar-refractivity contribution in [2.24, 2.45) is 5.92 Å². The van der Waals surface area contributed by atoms with Gasteiger partial charge in [0.15, 0.2) is 0 Å². The van der Waals surface area contributed by atoms with Crippen LogP contribution in [-0.4, -0.2) is 40.6 Å². The molecule has 0 spiro atoms. The molecule has 1 amide bonds. The van der Waals surface area contributed by atoms with Crippen LogP contribution in [0, 0.1) is 5.92 Å². The van der Waals surface area contributed by atoms with Crippen molar-refractivity contribution < 1.29 is 19.1 Å². The lowest BCUT2D eigenvalue weighted by molar-refractivity contribution is -0.150. The summed E-state index contributed by atoms with van der Waals surface area (Å²) in [7, 11) is 0. The average Bonchev–Trinajstić information content (AvgIpc) is 3.11. The van der Waals surface area contributed by atoms with E-state index in [9.17, 15) is 14.0 Å². The van der Waals surface area contributed by atoms with Gasteiger partial charge in [-0.15, -0.1) is 0 Å². The van der Waals surface area contributed by atoms with Crippen LogP contribution in [0.1, 0.15) is 30.7 Å². The summed E-state index contributed by atoms with van der Waals surface area (Å²) >= 11 is 0. The predicted octanol–water partition coefficient (Wildman–Crippen LogP) is 2.21. The van der Waals surface area contributed by atoms with Gasteiger partial charge in [-0.25, -0.2) is 9.18 Å². The molecule has 3 atom stereocenters. The number of likely N-dealkylation sites (tertiary alicyclic amines) is 1. The number of carboxylic acids is 1. The molecule has 1 saturated heterocycles. The quantitative estimate of drug-likeness (QED) is 0.925. The van der Waals surface area contributed by atoms with E-state index in [4.69, 9.17) is 5.11 Å². The molecule has 21 heavy (non-hydrogen) atoms. The third kappa shape index (κ3) is 2.77. The van der Waals surface area contributed by atoms with Gasteiger partial charge < -0.3 is 10.0 Å². The van der Waals surface area contributed by atoms with Crippen LogP contribution in [-0.2, 0) is 9.59 Å². The fourth-order valence-corrected chi connectivity index (χ4v) is 3.10. The van der Waals surface area contributed by atoms with Gasteiger partial charge >= 0.3 is 5.97 Å². The third-order valence-corrected chi connectivity index (χ3v) is 4.54. The highest BCUT2D eigenvalue weighted by Crippen LogP contribution is 2.49. The summed E-state index contributed by atoms with van der Waals surface area (Å²) in [6.07, 6.45) is 1.25. The van der Waals surface area contributed by atoms with Gasteiger partial charge in [0.1, 0.15) is 0 Å². The molecule has 3 rings (SSSR count). The van der Waals surface area contributed by atoms with Crippen molar-refractivity contribution in [3.8, 4) is 0 Å². The summed E-state index contributed by atoms with van der Waals surface area (Å²) in [5, 5.41) is 8.84. The Morgan fingerprint density at radius 2 is 2.05 bits per heavy atom. The van der Waals surface area contributed by atoms with Crippen LogP contribution in [0.3, 0.4) is 0 Å². The van der Waals surface area contributed by atoms with Crippen molar-refractivity contribution in [1.82, 2.24) is 4.90 Å². The number of carbonyl (C=O) groups excluding carboxylic acids is 1. The van der Waals surface area contributed by atoms with Crippen molar-refractivity contribution in [1.29, 1.82) is 0 Å². The van der Waals surface area contributed by atoms with Crippen LogP contribution in [0.5, 0.6) is 0 Å². The fraction of sp³-hybridized carbons (Fsp3) is 0.500. The Morgan fingerprint density at radius 3 is 2.67 bits per heavy atom. The number of halogens is 1. The van der Waals surface area contributed by atoms with Gasteiger partial charge in [-0.05, 0) is 23.8 Å². The SMILES string of the molecule is O=C(C[C@@H]1C[C@H]1c1ccccc1)N1CCC(F)(C(=O)O)C1. The largest absolute Gasteiger partial charge is 0.479 e. The minimum absolute atomic E-state index is 0.110. The molecule has 1 aliphatic carbocycles. The maximum atomic E-state index is 13.9. The molecule has 4 nitrogen and oxygen atoms in total. The molecule has 2 aliphatic rings. The predicted molar refractivity (Wildman–Crippen MR) is 74.6 cm³/mol.